The van der Waals surface area contributed by atoms with Crippen molar-refractivity contribution in [1.29, 1.82) is 0 Å². The summed E-state index contributed by atoms with van der Waals surface area (Å²) in [6.45, 7) is 1.86. The van der Waals surface area contributed by atoms with E-state index in [1.807, 2.05) is 0 Å². The molecule has 1 aliphatic carbocycles. The molecule has 1 saturated carbocycles. The third-order valence-electron chi connectivity index (χ3n) is 4.18. The van der Waals surface area contributed by atoms with Gasteiger partial charge in [-0.3, -0.25) is 4.99 Å². The highest BCUT2D eigenvalue weighted by molar-refractivity contribution is 14.0. The molecule has 5 nitrogen and oxygen atoms in total. The van der Waals surface area contributed by atoms with Crippen LogP contribution < -0.4 is 10.6 Å². The Morgan fingerprint density at radius 1 is 1.36 bits per heavy atom. The molecule has 0 saturated heterocycles. The van der Waals surface area contributed by atoms with Crippen LogP contribution in [0.3, 0.4) is 0 Å². The lowest BCUT2D eigenvalue weighted by Gasteiger charge is -2.24. The number of aromatic nitrogens is 1. The van der Waals surface area contributed by atoms with E-state index < -0.39 is 11.9 Å². The molecule has 1 heterocycles. The van der Waals surface area contributed by atoms with Crippen LogP contribution in [0.2, 0.25) is 0 Å². The summed E-state index contributed by atoms with van der Waals surface area (Å²) in [5.41, 5.74) is -0.842. The van der Waals surface area contributed by atoms with Crippen molar-refractivity contribution in [3.05, 3.63) is 16.1 Å². The Morgan fingerprint density at radius 2 is 2.04 bits per heavy atom. The molecular weight excluding hydrogens is 466 g/mol. The molecule has 0 unspecified atom stereocenters. The molecule has 0 aromatic carbocycles. The summed E-state index contributed by atoms with van der Waals surface area (Å²) in [4.78, 5) is 10.0. The maximum atomic E-state index is 12.5. The number of guanidine groups is 1. The van der Waals surface area contributed by atoms with Gasteiger partial charge in [0.25, 0.3) is 0 Å². The molecule has 10 heteroatoms. The Balaban J connectivity index is 0.00000312. The van der Waals surface area contributed by atoms with Gasteiger partial charge in [0.1, 0.15) is 5.01 Å². The van der Waals surface area contributed by atoms with Crippen LogP contribution in [-0.2, 0) is 12.7 Å². The van der Waals surface area contributed by atoms with Gasteiger partial charge in [-0.25, -0.2) is 4.98 Å². The normalized spacial score (nSPS) is 16.2. The van der Waals surface area contributed by atoms with Gasteiger partial charge in [0.2, 0.25) is 0 Å². The van der Waals surface area contributed by atoms with Gasteiger partial charge in [0.15, 0.2) is 11.7 Å². The van der Waals surface area contributed by atoms with E-state index in [0.717, 1.165) is 29.8 Å². The first-order valence-electron chi connectivity index (χ1n) is 8.06. The summed E-state index contributed by atoms with van der Waals surface area (Å²) in [5, 5.41) is 7.59. The Hall–Kier alpha value is -0.620. The van der Waals surface area contributed by atoms with E-state index in [1.165, 1.54) is 25.7 Å². The molecule has 0 atom stereocenters. The number of likely N-dealkylation sites (N-methyl/N-ethyl adjacent to an activating group) is 1. The molecule has 1 aromatic heterocycles. The second-order valence-electron chi connectivity index (χ2n) is 5.90. The fourth-order valence-corrected chi connectivity index (χ4v) is 3.52. The Kier molecular flexibility index (Phi) is 9.43. The van der Waals surface area contributed by atoms with Gasteiger partial charge in [-0.05, 0) is 19.9 Å². The monoisotopic (exact) mass is 491 g/mol. The highest BCUT2D eigenvalue weighted by atomic mass is 127. The SMILES string of the molecule is CN=C(NCCN(C)C1CCCC1)NCc1nc(C(F)(F)F)cs1.I. The average Bonchev–Trinajstić information content (AvgIpc) is 3.20. The van der Waals surface area contributed by atoms with E-state index in [0.29, 0.717) is 17.0 Å². The standard InChI is InChI=1S/C15H24F3N5S.HI/c1-19-14(20-7-8-23(2)11-5-3-4-6-11)21-9-13-22-12(10-24-13)15(16,17)18;/h10-11H,3-9H2,1-2H3,(H2,19,20,21);1H. The number of alkyl halides is 3. The van der Waals surface area contributed by atoms with E-state index in [-0.39, 0.29) is 30.5 Å². The zero-order valence-corrected chi connectivity index (χ0v) is 17.5. The van der Waals surface area contributed by atoms with Crippen LogP contribution in [0.1, 0.15) is 36.4 Å². The van der Waals surface area contributed by atoms with Crippen molar-refractivity contribution in [3.63, 3.8) is 0 Å². The first kappa shape index (κ1) is 22.4. The first-order chi connectivity index (χ1) is 11.4. The van der Waals surface area contributed by atoms with Crippen molar-refractivity contribution < 1.29 is 13.2 Å². The minimum atomic E-state index is -4.39. The van der Waals surface area contributed by atoms with E-state index in [2.05, 4.69) is 32.6 Å². The molecule has 1 fully saturated rings. The number of hydrogen-bond acceptors (Lipinski definition) is 4. The molecule has 25 heavy (non-hydrogen) atoms. The van der Waals surface area contributed by atoms with Crippen molar-refractivity contribution in [2.24, 2.45) is 4.99 Å². The largest absolute Gasteiger partial charge is 0.434 e. The van der Waals surface area contributed by atoms with Gasteiger partial charge >= 0.3 is 6.18 Å². The van der Waals surface area contributed by atoms with Crippen LogP contribution >= 0.6 is 35.3 Å². The van der Waals surface area contributed by atoms with Crippen LogP contribution in [0.25, 0.3) is 0 Å². The molecule has 0 aliphatic heterocycles. The third-order valence-corrected chi connectivity index (χ3v) is 5.03. The van der Waals surface area contributed by atoms with Gasteiger partial charge in [0.05, 0.1) is 6.54 Å². The predicted octanol–water partition coefficient (Wildman–Crippen LogP) is 3.32. The molecular formula is C15H25F3IN5S. The minimum Gasteiger partial charge on any atom is -0.355 e. The fraction of sp³-hybridized carbons (Fsp3) is 0.733. The summed E-state index contributed by atoms with van der Waals surface area (Å²) in [6.07, 6.45) is 0.738. The van der Waals surface area contributed by atoms with E-state index in [1.54, 1.807) is 7.05 Å². The lowest BCUT2D eigenvalue weighted by atomic mass is 10.2. The van der Waals surface area contributed by atoms with Gasteiger partial charge in [-0.15, -0.1) is 35.3 Å². The van der Waals surface area contributed by atoms with Crippen molar-refractivity contribution in [3.8, 4) is 0 Å². The van der Waals surface area contributed by atoms with Gasteiger partial charge < -0.3 is 15.5 Å². The number of nitrogens with zero attached hydrogens (tertiary/aromatic N) is 3. The van der Waals surface area contributed by atoms with E-state index in [4.69, 9.17) is 0 Å². The Bertz CT molecular complexity index is 544. The smallest absolute Gasteiger partial charge is 0.355 e. The lowest BCUT2D eigenvalue weighted by Crippen LogP contribution is -2.42. The number of rotatable bonds is 6. The number of thiazole rings is 1. The van der Waals surface area contributed by atoms with Crippen LogP contribution in [0.4, 0.5) is 13.2 Å². The summed E-state index contributed by atoms with van der Waals surface area (Å²) < 4.78 is 37.6. The van der Waals surface area contributed by atoms with Crippen LogP contribution in [0.5, 0.6) is 0 Å². The molecule has 1 aromatic rings. The maximum absolute atomic E-state index is 12.5. The lowest BCUT2D eigenvalue weighted by molar-refractivity contribution is -0.140. The second kappa shape index (κ2) is 10.5. The van der Waals surface area contributed by atoms with Crippen molar-refractivity contribution in [1.82, 2.24) is 20.5 Å². The van der Waals surface area contributed by atoms with E-state index in [9.17, 15) is 13.2 Å². The Labute approximate surface area is 167 Å². The van der Waals surface area contributed by atoms with Crippen molar-refractivity contribution in [2.75, 3.05) is 27.2 Å². The van der Waals surface area contributed by atoms with Crippen molar-refractivity contribution in [2.45, 2.75) is 44.4 Å². The number of hydrogen-bond donors (Lipinski definition) is 2. The summed E-state index contributed by atoms with van der Waals surface area (Å²) in [6, 6.07) is 0.665. The van der Waals surface area contributed by atoms with Crippen molar-refractivity contribution >= 4 is 41.3 Å². The predicted molar refractivity (Wildman–Crippen MR) is 106 cm³/mol. The molecule has 2 rings (SSSR count). The molecule has 0 spiro atoms. The van der Waals surface area contributed by atoms with Crippen LogP contribution in [-0.4, -0.2) is 49.1 Å². The zero-order chi connectivity index (χ0) is 17.6. The first-order valence-corrected chi connectivity index (χ1v) is 8.94. The highest BCUT2D eigenvalue weighted by Gasteiger charge is 2.33. The van der Waals surface area contributed by atoms with Gasteiger partial charge in [-0.2, -0.15) is 13.2 Å². The molecule has 0 amide bonds. The molecule has 1 aliphatic rings. The molecule has 2 N–H and O–H groups in total. The zero-order valence-electron chi connectivity index (χ0n) is 14.4. The van der Waals surface area contributed by atoms with Gasteiger partial charge in [0, 0.05) is 31.6 Å². The average molecular weight is 491 g/mol. The highest BCUT2D eigenvalue weighted by Crippen LogP contribution is 2.29. The van der Waals surface area contributed by atoms with Gasteiger partial charge in [-0.1, -0.05) is 12.8 Å². The summed E-state index contributed by atoms with van der Waals surface area (Å²) in [7, 11) is 3.76. The number of aliphatic imine (C=N–C) groups is 1. The third kappa shape index (κ3) is 7.26. The quantitative estimate of drug-likeness (QED) is 0.365. The van der Waals surface area contributed by atoms with Crippen LogP contribution in [0, 0.1) is 0 Å². The fourth-order valence-electron chi connectivity index (χ4n) is 2.78. The summed E-state index contributed by atoms with van der Waals surface area (Å²) in [5.74, 6) is 0.568. The van der Waals surface area contributed by atoms with E-state index >= 15 is 0 Å². The molecule has 144 valence electrons. The molecule has 0 bridgehead atoms. The summed E-state index contributed by atoms with van der Waals surface area (Å²) >= 11 is 0.990. The number of nitrogens with one attached hydrogen (secondary N) is 2. The second-order valence-corrected chi connectivity index (χ2v) is 6.84. The van der Waals surface area contributed by atoms with Crippen LogP contribution in [0.15, 0.2) is 10.4 Å². The Morgan fingerprint density at radius 3 is 2.60 bits per heavy atom. The molecule has 0 radical (unpaired) electrons. The minimum absolute atomic E-state index is 0. The number of halogens is 4. The topological polar surface area (TPSA) is 52.6 Å². The maximum Gasteiger partial charge on any atom is 0.434 e.